The highest BCUT2D eigenvalue weighted by Gasteiger charge is 2.22. The summed E-state index contributed by atoms with van der Waals surface area (Å²) in [6.07, 6.45) is 1.20. The van der Waals surface area contributed by atoms with E-state index in [1.54, 1.807) is 6.07 Å². The third kappa shape index (κ3) is 1.77. The molecule has 16 heavy (non-hydrogen) atoms. The Morgan fingerprint density at radius 3 is 2.44 bits per heavy atom. The van der Waals surface area contributed by atoms with Gasteiger partial charge in [-0.25, -0.2) is 8.78 Å². The van der Waals surface area contributed by atoms with Crippen molar-refractivity contribution in [3.63, 3.8) is 0 Å². The molecule has 0 N–H and O–H groups in total. The average Bonchev–Trinajstić information content (AvgIpc) is 2.14. The summed E-state index contributed by atoms with van der Waals surface area (Å²) in [6.45, 7) is 5.70. The molecule has 0 atom stereocenters. The Hall–Kier alpha value is -1.51. The van der Waals surface area contributed by atoms with Crippen LogP contribution in [0, 0.1) is 11.6 Å². The fraction of sp³-hybridized carbons (Fsp3) is 0.308. The van der Waals surface area contributed by atoms with E-state index in [1.807, 2.05) is 20.8 Å². The van der Waals surface area contributed by atoms with E-state index in [2.05, 4.69) is 4.98 Å². The molecule has 1 aromatic carbocycles. The van der Waals surface area contributed by atoms with Crippen LogP contribution in [0.3, 0.4) is 0 Å². The van der Waals surface area contributed by atoms with Crippen molar-refractivity contribution >= 4 is 10.9 Å². The summed E-state index contributed by atoms with van der Waals surface area (Å²) in [5, 5.41) is 0.549. The molecule has 1 heterocycles. The van der Waals surface area contributed by atoms with Crippen molar-refractivity contribution in [2.75, 3.05) is 0 Å². The largest absolute Gasteiger partial charge is 0.253 e. The lowest BCUT2D eigenvalue weighted by atomic mass is 9.84. The van der Waals surface area contributed by atoms with Gasteiger partial charge in [-0.15, -0.1) is 0 Å². The predicted molar refractivity (Wildman–Crippen MR) is 60.4 cm³/mol. The van der Waals surface area contributed by atoms with Crippen LogP contribution in [0.4, 0.5) is 8.78 Å². The highest BCUT2D eigenvalue weighted by Crippen LogP contribution is 2.31. The Balaban J connectivity index is 2.88. The van der Waals surface area contributed by atoms with Crippen molar-refractivity contribution in [1.29, 1.82) is 0 Å². The van der Waals surface area contributed by atoms with E-state index in [-0.39, 0.29) is 17.0 Å². The molecule has 2 rings (SSSR count). The molecule has 0 saturated heterocycles. The smallest absolute Gasteiger partial charge is 0.145 e. The number of fused-ring (bicyclic) bond motifs is 1. The molecule has 0 aliphatic rings. The summed E-state index contributed by atoms with van der Waals surface area (Å²) in [4.78, 5) is 3.95. The third-order valence-corrected chi connectivity index (χ3v) is 2.53. The first-order chi connectivity index (χ1) is 7.39. The summed E-state index contributed by atoms with van der Waals surface area (Å²) in [7, 11) is 0. The van der Waals surface area contributed by atoms with E-state index in [4.69, 9.17) is 0 Å². The molecular weight excluding hydrogens is 208 g/mol. The number of nitrogens with zero attached hydrogens (tertiary/aromatic N) is 1. The summed E-state index contributed by atoms with van der Waals surface area (Å²) in [5.74, 6) is -0.754. The van der Waals surface area contributed by atoms with E-state index in [9.17, 15) is 8.78 Å². The van der Waals surface area contributed by atoms with Crippen LogP contribution in [0.2, 0.25) is 0 Å². The van der Waals surface area contributed by atoms with Crippen molar-refractivity contribution in [3.8, 4) is 0 Å². The number of hydrogen-bond acceptors (Lipinski definition) is 1. The number of pyridine rings is 1. The van der Waals surface area contributed by atoms with Gasteiger partial charge in [0, 0.05) is 10.9 Å². The standard InChI is InChI=1S/C13H13F2N/c1-13(2,3)12-9-6-8(14)4-5-11(9)16-7-10(12)15/h4-7H,1-3H3. The molecule has 0 aliphatic carbocycles. The molecule has 0 aliphatic heterocycles. The summed E-state index contributed by atoms with van der Waals surface area (Å²) in [5.41, 5.74) is 0.753. The van der Waals surface area contributed by atoms with Gasteiger partial charge in [0.05, 0.1) is 11.7 Å². The van der Waals surface area contributed by atoms with Gasteiger partial charge in [0.1, 0.15) is 11.6 Å². The maximum absolute atomic E-state index is 13.8. The van der Waals surface area contributed by atoms with Crippen LogP contribution in [0.1, 0.15) is 26.3 Å². The minimum atomic E-state index is -0.384. The van der Waals surface area contributed by atoms with E-state index in [0.29, 0.717) is 16.5 Å². The zero-order valence-corrected chi connectivity index (χ0v) is 9.51. The Labute approximate surface area is 93.1 Å². The van der Waals surface area contributed by atoms with Gasteiger partial charge in [-0.1, -0.05) is 20.8 Å². The lowest BCUT2D eigenvalue weighted by molar-refractivity contribution is 0.525. The maximum atomic E-state index is 13.8. The van der Waals surface area contributed by atoms with Crippen molar-refractivity contribution in [2.45, 2.75) is 26.2 Å². The Bertz CT molecular complexity index is 536. The van der Waals surface area contributed by atoms with Gasteiger partial charge in [0.15, 0.2) is 0 Å². The maximum Gasteiger partial charge on any atom is 0.145 e. The van der Waals surface area contributed by atoms with Crippen molar-refractivity contribution in [3.05, 3.63) is 41.6 Å². The lowest BCUT2D eigenvalue weighted by Crippen LogP contribution is -2.14. The van der Waals surface area contributed by atoms with E-state index in [1.165, 1.54) is 18.3 Å². The lowest BCUT2D eigenvalue weighted by Gasteiger charge is -2.21. The van der Waals surface area contributed by atoms with Gasteiger partial charge < -0.3 is 0 Å². The molecule has 2 aromatic rings. The molecule has 0 radical (unpaired) electrons. The molecule has 0 amide bonds. The number of aromatic nitrogens is 1. The van der Waals surface area contributed by atoms with Crippen LogP contribution in [0.25, 0.3) is 10.9 Å². The second-order valence-corrected chi connectivity index (χ2v) is 4.89. The SMILES string of the molecule is CC(C)(C)c1c(F)cnc2ccc(F)cc12. The molecule has 0 fully saturated rings. The molecule has 0 saturated carbocycles. The van der Waals surface area contributed by atoms with Crippen molar-refractivity contribution < 1.29 is 8.78 Å². The van der Waals surface area contributed by atoms with Gasteiger partial charge in [-0.05, 0) is 23.6 Å². The first kappa shape index (κ1) is 11.0. The van der Waals surface area contributed by atoms with Crippen LogP contribution in [-0.2, 0) is 5.41 Å². The Kier molecular flexibility index (Phi) is 2.41. The Morgan fingerprint density at radius 1 is 1.12 bits per heavy atom. The molecule has 0 unspecified atom stereocenters. The zero-order chi connectivity index (χ0) is 11.9. The number of halogens is 2. The van der Waals surface area contributed by atoms with E-state index >= 15 is 0 Å². The van der Waals surface area contributed by atoms with Gasteiger partial charge in [-0.2, -0.15) is 0 Å². The normalized spacial score (nSPS) is 12.1. The average molecular weight is 221 g/mol. The summed E-state index contributed by atoms with van der Waals surface area (Å²) in [6, 6.07) is 4.24. The molecular formula is C13H13F2N. The first-order valence-electron chi connectivity index (χ1n) is 5.14. The fourth-order valence-corrected chi connectivity index (χ4v) is 1.90. The molecule has 3 heteroatoms. The van der Waals surface area contributed by atoms with Gasteiger partial charge >= 0.3 is 0 Å². The van der Waals surface area contributed by atoms with Gasteiger partial charge in [0.2, 0.25) is 0 Å². The van der Waals surface area contributed by atoms with Crippen LogP contribution in [-0.4, -0.2) is 4.98 Å². The molecule has 1 aromatic heterocycles. The minimum absolute atomic E-state index is 0.370. The first-order valence-corrected chi connectivity index (χ1v) is 5.14. The quantitative estimate of drug-likeness (QED) is 0.659. The zero-order valence-electron chi connectivity index (χ0n) is 9.51. The fourth-order valence-electron chi connectivity index (χ4n) is 1.90. The van der Waals surface area contributed by atoms with Crippen molar-refractivity contribution in [1.82, 2.24) is 4.98 Å². The summed E-state index contributed by atoms with van der Waals surface area (Å²) >= 11 is 0. The van der Waals surface area contributed by atoms with E-state index in [0.717, 1.165) is 0 Å². The van der Waals surface area contributed by atoms with E-state index < -0.39 is 0 Å². The predicted octanol–water partition coefficient (Wildman–Crippen LogP) is 3.81. The summed E-state index contributed by atoms with van der Waals surface area (Å²) < 4.78 is 26.9. The number of benzene rings is 1. The third-order valence-electron chi connectivity index (χ3n) is 2.53. The number of hydrogen-bond donors (Lipinski definition) is 0. The number of rotatable bonds is 0. The van der Waals surface area contributed by atoms with Crippen LogP contribution in [0.5, 0.6) is 0 Å². The van der Waals surface area contributed by atoms with Crippen LogP contribution >= 0.6 is 0 Å². The van der Waals surface area contributed by atoms with Crippen LogP contribution < -0.4 is 0 Å². The van der Waals surface area contributed by atoms with Crippen molar-refractivity contribution in [2.24, 2.45) is 0 Å². The topological polar surface area (TPSA) is 12.9 Å². The van der Waals surface area contributed by atoms with Crippen LogP contribution in [0.15, 0.2) is 24.4 Å². The highest BCUT2D eigenvalue weighted by atomic mass is 19.1. The second kappa shape index (κ2) is 3.51. The molecule has 1 nitrogen and oxygen atoms in total. The molecule has 84 valence electrons. The monoisotopic (exact) mass is 221 g/mol. The highest BCUT2D eigenvalue weighted by molar-refractivity contribution is 5.83. The second-order valence-electron chi connectivity index (χ2n) is 4.89. The van der Waals surface area contributed by atoms with Gasteiger partial charge in [-0.3, -0.25) is 4.98 Å². The molecule has 0 bridgehead atoms. The minimum Gasteiger partial charge on any atom is -0.253 e. The molecule has 0 spiro atoms. The Morgan fingerprint density at radius 2 is 1.81 bits per heavy atom. The van der Waals surface area contributed by atoms with Gasteiger partial charge in [0.25, 0.3) is 0 Å².